The molecular formula is C19H20F3NO2. The third-order valence-corrected chi connectivity index (χ3v) is 4.09. The van der Waals surface area contributed by atoms with Gasteiger partial charge in [0.25, 0.3) is 0 Å². The van der Waals surface area contributed by atoms with Crippen molar-refractivity contribution in [1.82, 2.24) is 4.90 Å². The van der Waals surface area contributed by atoms with E-state index in [2.05, 4.69) is 4.90 Å². The summed E-state index contributed by atoms with van der Waals surface area (Å²) in [7, 11) is 0. The van der Waals surface area contributed by atoms with E-state index in [0.29, 0.717) is 26.3 Å². The molecule has 0 saturated carbocycles. The molecule has 0 bridgehead atoms. The van der Waals surface area contributed by atoms with Crippen LogP contribution < -0.4 is 4.74 Å². The van der Waals surface area contributed by atoms with Gasteiger partial charge in [-0.05, 0) is 29.8 Å². The highest BCUT2D eigenvalue weighted by Crippen LogP contribution is 2.29. The standard InChI is InChI=1S/C19H20F3NO2/c20-19(21,22)16-8-6-15(7-9-16)12-23-10-11-24-18(13-23)14-25-17-4-2-1-3-5-17/h1-9,18H,10-14H2. The Balaban J connectivity index is 1.51. The number of benzene rings is 2. The van der Waals surface area contributed by atoms with Crippen LogP contribution in [0, 0.1) is 0 Å². The van der Waals surface area contributed by atoms with Gasteiger partial charge >= 0.3 is 6.18 Å². The smallest absolute Gasteiger partial charge is 0.416 e. The molecule has 2 aromatic rings. The molecule has 1 fully saturated rings. The second-order valence-electron chi connectivity index (χ2n) is 6.05. The van der Waals surface area contributed by atoms with Crippen LogP contribution in [0.2, 0.25) is 0 Å². The Morgan fingerprint density at radius 1 is 1.04 bits per heavy atom. The Morgan fingerprint density at radius 3 is 2.44 bits per heavy atom. The number of halogens is 3. The molecule has 3 nitrogen and oxygen atoms in total. The molecule has 0 amide bonds. The van der Waals surface area contributed by atoms with Gasteiger partial charge in [0.1, 0.15) is 18.5 Å². The quantitative estimate of drug-likeness (QED) is 0.813. The highest BCUT2D eigenvalue weighted by molar-refractivity contribution is 5.24. The van der Waals surface area contributed by atoms with Crippen molar-refractivity contribution < 1.29 is 22.6 Å². The van der Waals surface area contributed by atoms with Gasteiger partial charge in [-0.25, -0.2) is 0 Å². The Bertz CT molecular complexity index is 659. The lowest BCUT2D eigenvalue weighted by molar-refractivity contribution is -0.137. The lowest BCUT2D eigenvalue weighted by atomic mass is 10.1. The maximum Gasteiger partial charge on any atom is 0.416 e. The van der Waals surface area contributed by atoms with Crippen molar-refractivity contribution in [2.45, 2.75) is 18.8 Å². The van der Waals surface area contributed by atoms with Crippen LogP contribution in [0.15, 0.2) is 54.6 Å². The Hall–Kier alpha value is -2.05. The molecule has 1 aliphatic heterocycles. The van der Waals surface area contributed by atoms with Gasteiger partial charge in [-0.1, -0.05) is 30.3 Å². The van der Waals surface area contributed by atoms with Crippen molar-refractivity contribution in [3.05, 3.63) is 65.7 Å². The van der Waals surface area contributed by atoms with Crippen LogP contribution in [-0.2, 0) is 17.5 Å². The minimum Gasteiger partial charge on any atom is -0.491 e. The summed E-state index contributed by atoms with van der Waals surface area (Å²) in [6.07, 6.45) is -4.35. The largest absolute Gasteiger partial charge is 0.491 e. The summed E-state index contributed by atoms with van der Waals surface area (Å²) in [5.74, 6) is 0.797. The summed E-state index contributed by atoms with van der Waals surface area (Å²) in [6.45, 7) is 3.08. The molecular weight excluding hydrogens is 331 g/mol. The van der Waals surface area contributed by atoms with Gasteiger partial charge in [0.15, 0.2) is 0 Å². The molecule has 25 heavy (non-hydrogen) atoms. The summed E-state index contributed by atoms with van der Waals surface area (Å²) in [5, 5.41) is 0. The number of morpholine rings is 1. The van der Waals surface area contributed by atoms with Gasteiger partial charge in [0, 0.05) is 19.6 Å². The number of hydrogen-bond acceptors (Lipinski definition) is 3. The molecule has 134 valence electrons. The van der Waals surface area contributed by atoms with Crippen molar-refractivity contribution in [1.29, 1.82) is 0 Å². The lowest BCUT2D eigenvalue weighted by Gasteiger charge is -2.32. The van der Waals surface area contributed by atoms with Crippen molar-refractivity contribution in [2.24, 2.45) is 0 Å². The van der Waals surface area contributed by atoms with E-state index in [0.717, 1.165) is 30.0 Å². The van der Waals surface area contributed by atoms with Gasteiger partial charge < -0.3 is 9.47 Å². The van der Waals surface area contributed by atoms with Crippen LogP contribution in [-0.4, -0.2) is 37.3 Å². The SMILES string of the molecule is FC(F)(F)c1ccc(CN2CCOC(COc3ccccc3)C2)cc1. The predicted octanol–water partition coefficient (Wildman–Crippen LogP) is 3.99. The monoisotopic (exact) mass is 351 g/mol. The van der Waals surface area contributed by atoms with E-state index < -0.39 is 11.7 Å². The molecule has 1 unspecified atom stereocenters. The van der Waals surface area contributed by atoms with Crippen LogP contribution in [0.5, 0.6) is 5.75 Å². The van der Waals surface area contributed by atoms with E-state index in [4.69, 9.17) is 9.47 Å². The van der Waals surface area contributed by atoms with Crippen molar-refractivity contribution in [3.8, 4) is 5.75 Å². The number of hydrogen-bond donors (Lipinski definition) is 0. The van der Waals surface area contributed by atoms with Crippen LogP contribution in [0.1, 0.15) is 11.1 Å². The normalized spacial score (nSPS) is 18.9. The minimum absolute atomic E-state index is 0.0524. The Labute approximate surface area is 145 Å². The highest BCUT2D eigenvalue weighted by atomic mass is 19.4. The van der Waals surface area contributed by atoms with Gasteiger partial charge in [-0.2, -0.15) is 13.2 Å². The molecule has 0 N–H and O–H groups in total. The van der Waals surface area contributed by atoms with E-state index in [9.17, 15) is 13.2 Å². The molecule has 6 heteroatoms. The van der Waals surface area contributed by atoms with Gasteiger partial charge in [0.2, 0.25) is 0 Å². The molecule has 1 aliphatic rings. The molecule has 0 radical (unpaired) electrons. The first-order valence-corrected chi connectivity index (χ1v) is 8.18. The fraction of sp³-hybridized carbons (Fsp3) is 0.368. The summed E-state index contributed by atoms with van der Waals surface area (Å²) in [6, 6.07) is 14.9. The zero-order valence-corrected chi connectivity index (χ0v) is 13.7. The fourth-order valence-electron chi connectivity index (χ4n) is 2.79. The lowest BCUT2D eigenvalue weighted by Crippen LogP contribution is -2.44. The fourth-order valence-corrected chi connectivity index (χ4v) is 2.79. The summed E-state index contributed by atoms with van der Waals surface area (Å²) in [5.41, 5.74) is 0.241. The number of ether oxygens (including phenoxy) is 2. The maximum atomic E-state index is 12.6. The summed E-state index contributed by atoms with van der Waals surface area (Å²) in [4.78, 5) is 2.17. The molecule has 3 rings (SSSR count). The molecule has 1 heterocycles. The number of alkyl halides is 3. The van der Waals surface area contributed by atoms with Crippen LogP contribution in [0.25, 0.3) is 0 Å². The molecule has 0 aliphatic carbocycles. The van der Waals surface area contributed by atoms with Crippen molar-refractivity contribution >= 4 is 0 Å². The Morgan fingerprint density at radius 2 is 1.76 bits per heavy atom. The first-order chi connectivity index (χ1) is 12.0. The van der Waals surface area contributed by atoms with Crippen LogP contribution in [0.4, 0.5) is 13.2 Å². The second kappa shape index (κ2) is 7.89. The third kappa shape index (κ3) is 5.21. The van der Waals surface area contributed by atoms with E-state index in [1.165, 1.54) is 12.1 Å². The zero-order chi connectivity index (χ0) is 17.7. The van der Waals surface area contributed by atoms with Crippen LogP contribution in [0.3, 0.4) is 0 Å². The molecule has 2 aromatic carbocycles. The van der Waals surface area contributed by atoms with Gasteiger partial charge in [0.05, 0.1) is 12.2 Å². The predicted molar refractivity (Wildman–Crippen MR) is 88.4 cm³/mol. The first kappa shape index (κ1) is 17.8. The summed E-state index contributed by atoms with van der Waals surface area (Å²) >= 11 is 0. The molecule has 0 aromatic heterocycles. The highest BCUT2D eigenvalue weighted by Gasteiger charge is 2.30. The maximum absolute atomic E-state index is 12.6. The first-order valence-electron chi connectivity index (χ1n) is 8.18. The summed E-state index contributed by atoms with van der Waals surface area (Å²) < 4.78 is 49.3. The van der Waals surface area contributed by atoms with Crippen LogP contribution >= 0.6 is 0 Å². The number of rotatable bonds is 5. The molecule has 0 spiro atoms. The molecule has 1 atom stereocenters. The van der Waals surface area contributed by atoms with Crippen molar-refractivity contribution in [2.75, 3.05) is 26.3 Å². The average molecular weight is 351 g/mol. The number of para-hydroxylation sites is 1. The average Bonchev–Trinajstić information content (AvgIpc) is 2.61. The van der Waals surface area contributed by atoms with Gasteiger partial charge in [-0.3, -0.25) is 4.90 Å². The minimum atomic E-state index is -4.29. The second-order valence-corrected chi connectivity index (χ2v) is 6.05. The Kier molecular flexibility index (Phi) is 5.60. The molecule has 1 saturated heterocycles. The van der Waals surface area contributed by atoms with Crippen molar-refractivity contribution in [3.63, 3.8) is 0 Å². The zero-order valence-electron chi connectivity index (χ0n) is 13.7. The van der Waals surface area contributed by atoms with E-state index >= 15 is 0 Å². The third-order valence-electron chi connectivity index (χ3n) is 4.09. The number of nitrogens with zero attached hydrogens (tertiary/aromatic N) is 1. The van der Waals surface area contributed by atoms with E-state index in [1.807, 2.05) is 30.3 Å². The topological polar surface area (TPSA) is 21.7 Å². The van der Waals surface area contributed by atoms with Gasteiger partial charge in [-0.15, -0.1) is 0 Å². The van der Waals surface area contributed by atoms with E-state index in [1.54, 1.807) is 0 Å². The van der Waals surface area contributed by atoms with E-state index in [-0.39, 0.29) is 6.10 Å².